The molecule has 1 aliphatic heterocycles. The molecule has 1 heterocycles. The summed E-state index contributed by atoms with van der Waals surface area (Å²) in [5, 5.41) is 20.3. The van der Waals surface area contributed by atoms with Gasteiger partial charge in [-0.15, -0.1) is 0 Å². The number of rotatable bonds is 1. The minimum atomic E-state index is -1.56. The summed E-state index contributed by atoms with van der Waals surface area (Å²) in [5.74, 6) is -0.709. The maximum absolute atomic E-state index is 11.8. The van der Waals surface area contributed by atoms with Crippen molar-refractivity contribution in [2.75, 3.05) is 7.11 Å². The Labute approximate surface area is 104 Å². The Morgan fingerprint density at radius 1 is 1.50 bits per heavy atom. The second-order valence-electron chi connectivity index (χ2n) is 4.36. The molecule has 2 rings (SSSR count). The van der Waals surface area contributed by atoms with Gasteiger partial charge in [0.2, 0.25) is 0 Å². The number of phenolic OH excluding ortho intramolecular Hbond substituents is 1. The van der Waals surface area contributed by atoms with Crippen molar-refractivity contribution in [1.29, 1.82) is 0 Å². The molecule has 5 heteroatoms. The molecule has 0 aliphatic carbocycles. The molecule has 1 unspecified atom stereocenters. The van der Waals surface area contributed by atoms with Gasteiger partial charge in [0.05, 0.1) is 7.11 Å². The predicted molar refractivity (Wildman–Crippen MR) is 63.5 cm³/mol. The molecule has 1 atom stereocenters. The van der Waals surface area contributed by atoms with Crippen molar-refractivity contribution in [2.24, 2.45) is 0 Å². The van der Waals surface area contributed by atoms with Gasteiger partial charge in [-0.2, -0.15) is 0 Å². The van der Waals surface area contributed by atoms with E-state index in [-0.39, 0.29) is 22.6 Å². The van der Waals surface area contributed by atoms with E-state index in [0.29, 0.717) is 11.3 Å². The van der Waals surface area contributed by atoms with Crippen LogP contribution in [0.2, 0.25) is 0 Å². The smallest absolute Gasteiger partial charge is 0.347 e. The highest BCUT2D eigenvalue weighted by atomic mass is 16.6. The molecule has 0 radical (unpaired) electrons. The molecule has 2 N–H and O–H groups in total. The molecular weight excluding hydrogens is 236 g/mol. The summed E-state index contributed by atoms with van der Waals surface area (Å²) < 4.78 is 9.96. The first-order valence-corrected chi connectivity index (χ1v) is 5.35. The van der Waals surface area contributed by atoms with Crippen molar-refractivity contribution < 1.29 is 24.5 Å². The first kappa shape index (κ1) is 12.4. The average Bonchev–Trinajstić information content (AvgIpc) is 2.28. The lowest BCUT2D eigenvalue weighted by Gasteiger charge is -2.33. The number of hydrogen-bond donors (Lipinski definition) is 2. The standard InChI is InChI=1S/C13H14O5/c1-6-9(17-4)5-8(14)10-11(6)13(3,16)7(2)18-12(10)15/h5,14,16H,2H2,1,3-4H3. The van der Waals surface area contributed by atoms with E-state index in [1.165, 1.54) is 20.1 Å². The number of esters is 1. The summed E-state index contributed by atoms with van der Waals surface area (Å²) in [6.07, 6.45) is 0. The minimum Gasteiger partial charge on any atom is -0.507 e. The number of carbonyl (C=O) groups is 1. The second-order valence-corrected chi connectivity index (χ2v) is 4.36. The molecule has 18 heavy (non-hydrogen) atoms. The van der Waals surface area contributed by atoms with E-state index in [4.69, 9.17) is 9.47 Å². The van der Waals surface area contributed by atoms with Gasteiger partial charge in [0.1, 0.15) is 28.4 Å². The van der Waals surface area contributed by atoms with Crippen molar-refractivity contribution in [3.05, 3.63) is 35.1 Å². The normalized spacial score (nSPS) is 22.4. The van der Waals surface area contributed by atoms with Crippen LogP contribution < -0.4 is 4.74 Å². The Morgan fingerprint density at radius 3 is 2.67 bits per heavy atom. The zero-order valence-electron chi connectivity index (χ0n) is 10.4. The first-order valence-electron chi connectivity index (χ1n) is 5.35. The van der Waals surface area contributed by atoms with Crippen LogP contribution in [-0.2, 0) is 10.3 Å². The van der Waals surface area contributed by atoms with Gasteiger partial charge in [0, 0.05) is 11.6 Å². The van der Waals surface area contributed by atoms with Gasteiger partial charge in [-0.25, -0.2) is 4.79 Å². The summed E-state index contributed by atoms with van der Waals surface area (Å²) in [6, 6.07) is 1.32. The van der Waals surface area contributed by atoms with Crippen LogP contribution in [0.1, 0.15) is 28.4 Å². The van der Waals surface area contributed by atoms with Crippen LogP contribution in [0.25, 0.3) is 0 Å². The number of methoxy groups -OCH3 is 1. The Morgan fingerprint density at radius 2 is 2.11 bits per heavy atom. The topological polar surface area (TPSA) is 76.0 Å². The highest BCUT2D eigenvalue weighted by Gasteiger charge is 2.43. The Balaban J connectivity index is 2.87. The van der Waals surface area contributed by atoms with Crippen molar-refractivity contribution in [1.82, 2.24) is 0 Å². The van der Waals surface area contributed by atoms with Crippen molar-refractivity contribution >= 4 is 5.97 Å². The highest BCUT2D eigenvalue weighted by Crippen LogP contribution is 2.44. The molecule has 96 valence electrons. The number of fused-ring (bicyclic) bond motifs is 1. The molecule has 1 aromatic rings. The van der Waals surface area contributed by atoms with Crippen molar-refractivity contribution in [2.45, 2.75) is 19.4 Å². The van der Waals surface area contributed by atoms with Crippen molar-refractivity contribution in [3.8, 4) is 11.5 Å². The molecule has 0 bridgehead atoms. The van der Waals surface area contributed by atoms with Crippen LogP contribution >= 0.6 is 0 Å². The fourth-order valence-electron chi connectivity index (χ4n) is 2.17. The Hall–Kier alpha value is -2.01. The van der Waals surface area contributed by atoms with E-state index >= 15 is 0 Å². The van der Waals surface area contributed by atoms with Crippen LogP contribution in [-0.4, -0.2) is 23.3 Å². The molecule has 0 aromatic heterocycles. The number of phenols is 1. The largest absolute Gasteiger partial charge is 0.507 e. The summed E-state index contributed by atoms with van der Waals surface area (Å²) in [5.41, 5.74) is -0.779. The molecule has 0 amide bonds. The molecule has 0 saturated carbocycles. The zero-order valence-corrected chi connectivity index (χ0v) is 10.4. The number of cyclic esters (lactones) is 1. The van der Waals surface area contributed by atoms with E-state index in [1.807, 2.05) is 0 Å². The van der Waals surface area contributed by atoms with Gasteiger partial charge < -0.3 is 19.7 Å². The van der Waals surface area contributed by atoms with Gasteiger partial charge in [-0.3, -0.25) is 0 Å². The van der Waals surface area contributed by atoms with Crippen LogP contribution in [0, 0.1) is 6.92 Å². The number of carbonyl (C=O) groups excluding carboxylic acids is 1. The van der Waals surface area contributed by atoms with Crippen LogP contribution in [0.4, 0.5) is 0 Å². The number of ether oxygens (including phenoxy) is 2. The summed E-state index contributed by atoms with van der Waals surface area (Å²) in [4.78, 5) is 11.8. The van der Waals surface area contributed by atoms with Gasteiger partial charge in [-0.1, -0.05) is 6.58 Å². The van der Waals surface area contributed by atoms with Gasteiger partial charge in [0.15, 0.2) is 0 Å². The Bertz CT molecular complexity index is 557. The molecule has 5 nitrogen and oxygen atoms in total. The maximum atomic E-state index is 11.8. The van der Waals surface area contributed by atoms with E-state index in [9.17, 15) is 15.0 Å². The van der Waals surface area contributed by atoms with E-state index in [0.717, 1.165) is 0 Å². The van der Waals surface area contributed by atoms with Crippen LogP contribution in [0.3, 0.4) is 0 Å². The lowest BCUT2D eigenvalue weighted by Crippen LogP contribution is -2.35. The fourth-order valence-corrected chi connectivity index (χ4v) is 2.17. The monoisotopic (exact) mass is 250 g/mol. The zero-order chi connectivity index (χ0) is 13.7. The van der Waals surface area contributed by atoms with E-state index < -0.39 is 11.6 Å². The summed E-state index contributed by atoms with van der Waals surface area (Å²) in [7, 11) is 1.44. The Kier molecular flexibility index (Phi) is 2.59. The maximum Gasteiger partial charge on any atom is 0.347 e. The van der Waals surface area contributed by atoms with Gasteiger partial charge in [0.25, 0.3) is 0 Å². The fraction of sp³-hybridized carbons (Fsp3) is 0.308. The predicted octanol–water partition coefficient (Wildman–Crippen LogP) is 1.60. The quantitative estimate of drug-likeness (QED) is 0.740. The molecule has 0 saturated heterocycles. The SMILES string of the molecule is C=C1OC(=O)c2c(O)cc(OC)c(C)c2C1(C)O. The molecule has 0 spiro atoms. The number of aliphatic hydroxyl groups is 1. The third kappa shape index (κ3) is 1.48. The lowest BCUT2D eigenvalue weighted by molar-refractivity contribution is 0.00784. The van der Waals surface area contributed by atoms with Gasteiger partial charge in [-0.05, 0) is 19.4 Å². The third-order valence-corrected chi connectivity index (χ3v) is 3.19. The second kappa shape index (κ2) is 3.74. The van der Waals surface area contributed by atoms with E-state index in [2.05, 4.69) is 6.58 Å². The first-order chi connectivity index (χ1) is 8.30. The van der Waals surface area contributed by atoms with Crippen molar-refractivity contribution in [3.63, 3.8) is 0 Å². The van der Waals surface area contributed by atoms with E-state index in [1.54, 1.807) is 6.92 Å². The molecule has 0 fully saturated rings. The van der Waals surface area contributed by atoms with Crippen LogP contribution in [0.5, 0.6) is 11.5 Å². The minimum absolute atomic E-state index is 0.0503. The third-order valence-electron chi connectivity index (χ3n) is 3.19. The summed E-state index contributed by atoms with van der Waals surface area (Å²) in [6.45, 7) is 6.67. The molecule has 1 aliphatic rings. The molecular formula is C13H14O5. The highest BCUT2D eigenvalue weighted by molar-refractivity contribution is 5.97. The van der Waals surface area contributed by atoms with Crippen LogP contribution in [0.15, 0.2) is 18.4 Å². The average molecular weight is 250 g/mol. The molecule has 1 aromatic carbocycles. The van der Waals surface area contributed by atoms with Gasteiger partial charge >= 0.3 is 5.97 Å². The number of benzene rings is 1. The summed E-state index contributed by atoms with van der Waals surface area (Å²) >= 11 is 0. The lowest BCUT2D eigenvalue weighted by atomic mass is 9.83. The number of hydrogen-bond acceptors (Lipinski definition) is 5. The number of aromatic hydroxyl groups is 1.